The molecule has 6 nitrogen and oxygen atoms in total. The Balaban J connectivity index is 1.95. The predicted molar refractivity (Wildman–Crippen MR) is 119 cm³/mol. The molecule has 2 aromatic carbocycles. The Morgan fingerprint density at radius 1 is 1.10 bits per heavy atom. The van der Waals surface area contributed by atoms with Crippen molar-refractivity contribution in [3.8, 4) is 11.5 Å². The number of carbonyl (C=O) groups is 2. The van der Waals surface area contributed by atoms with E-state index < -0.39 is 6.04 Å². The van der Waals surface area contributed by atoms with Gasteiger partial charge in [-0.1, -0.05) is 43.7 Å². The highest BCUT2D eigenvalue weighted by molar-refractivity contribution is 7.99. The maximum Gasteiger partial charge on any atom is 0.256 e. The normalized spacial score (nSPS) is 18.2. The summed E-state index contributed by atoms with van der Waals surface area (Å²) in [5.41, 5.74) is 1.43. The van der Waals surface area contributed by atoms with E-state index in [1.54, 1.807) is 49.1 Å². The van der Waals surface area contributed by atoms with Gasteiger partial charge in [0.1, 0.15) is 22.9 Å². The third-order valence-corrected chi connectivity index (χ3v) is 6.37. The number of amides is 2. The van der Waals surface area contributed by atoms with Crippen LogP contribution in [0.4, 0.5) is 0 Å². The number of nitrogens with one attached hydrogen (secondary N) is 1. The van der Waals surface area contributed by atoms with Crippen molar-refractivity contribution >= 4 is 23.6 Å². The molecule has 0 spiro atoms. The van der Waals surface area contributed by atoms with E-state index >= 15 is 0 Å². The van der Waals surface area contributed by atoms with Crippen LogP contribution in [-0.4, -0.2) is 49.3 Å². The molecule has 2 aromatic rings. The Morgan fingerprint density at radius 2 is 1.77 bits per heavy atom. The first-order valence-electron chi connectivity index (χ1n) is 10.1. The fourth-order valence-corrected chi connectivity index (χ4v) is 4.85. The average Bonchev–Trinajstić information content (AvgIpc) is 3.24. The smallest absolute Gasteiger partial charge is 0.256 e. The van der Waals surface area contributed by atoms with Crippen molar-refractivity contribution in [2.45, 2.75) is 31.2 Å². The molecule has 2 atom stereocenters. The summed E-state index contributed by atoms with van der Waals surface area (Å²) in [6.07, 6.45) is 1.91. The van der Waals surface area contributed by atoms with Crippen molar-refractivity contribution in [1.82, 2.24) is 10.2 Å². The molecule has 1 aliphatic rings. The van der Waals surface area contributed by atoms with Crippen molar-refractivity contribution in [2.24, 2.45) is 0 Å². The zero-order chi connectivity index (χ0) is 21.5. The Kier molecular flexibility index (Phi) is 7.63. The monoisotopic (exact) mass is 428 g/mol. The lowest BCUT2D eigenvalue weighted by molar-refractivity contribution is -0.124. The second kappa shape index (κ2) is 10.4. The standard InChI is InChI=1S/C23H28N2O4S/c1-4-5-11-24-21(26)20-15-30-23(16-9-7-6-8-10-16)25(20)22(27)17-12-18(28-2)14-19(13-17)29-3/h6-10,12-14,20,23H,4-5,11,15H2,1-3H3,(H,24,26). The number of unbranched alkanes of at least 4 members (excludes halogenated alkanes) is 1. The topological polar surface area (TPSA) is 67.9 Å². The van der Waals surface area contributed by atoms with Crippen LogP contribution in [0.2, 0.25) is 0 Å². The number of nitrogens with zero attached hydrogens (tertiary/aromatic N) is 1. The Bertz CT molecular complexity index is 853. The Labute approximate surface area is 181 Å². The fourth-order valence-electron chi connectivity index (χ4n) is 3.42. The van der Waals surface area contributed by atoms with Crippen LogP contribution in [0.1, 0.15) is 41.1 Å². The van der Waals surface area contributed by atoms with E-state index in [0.717, 1.165) is 18.4 Å². The van der Waals surface area contributed by atoms with E-state index in [-0.39, 0.29) is 17.2 Å². The van der Waals surface area contributed by atoms with Crippen molar-refractivity contribution in [3.05, 3.63) is 59.7 Å². The summed E-state index contributed by atoms with van der Waals surface area (Å²) in [6.45, 7) is 2.69. The molecule has 7 heteroatoms. The molecule has 1 saturated heterocycles. The maximum atomic E-state index is 13.6. The lowest BCUT2D eigenvalue weighted by Crippen LogP contribution is -2.48. The summed E-state index contributed by atoms with van der Waals surface area (Å²) < 4.78 is 10.7. The molecule has 1 N–H and O–H groups in total. The van der Waals surface area contributed by atoms with E-state index in [9.17, 15) is 9.59 Å². The van der Waals surface area contributed by atoms with Gasteiger partial charge < -0.3 is 19.7 Å². The van der Waals surface area contributed by atoms with Crippen LogP contribution in [0.3, 0.4) is 0 Å². The number of hydrogen-bond acceptors (Lipinski definition) is 5. The quantitative estimate of drug-likeness (QED) is 0.647. The summed E-state index contributed by atoms with van der Waals surface area (Å²) in [4.78, 5) is 28.2. The largest absolute Gasteiger partial charge is 0.497 e. The molecule has 2 unspecified atom stereocenters. The molecule has 160 valence electrons. The van der Waals surface area contributed by atoms with Crippen molar-refractivity contribution in [2.75, 3.05) is 26.5 Å². The third kappa shape index (κ3) is 4.90. The highest BCUT2D eigenvalue weighted by Crippen LogP contribution is 2.42. The molecule has 1 fully saturated rings. The van der Waals surface area contributed by atoms with Crippen molar-refractivity contribution in [3.63, 3.8) is 0 Å². The average molecular weight is 429 g/mol. The van der Waals surface area contributed by atoms with E-state index in [1.807, 2.05) is 30.3 Å². The van der Waals surface area contributed by atoms with Gasteiger partial charge in [0, 0.05) is 23.9 Å². The van der Waals surface area contributed by atoms with Crippen molar-refractivity contribution < 1.29 is 19.1 Å². The van der Waals surface area contributed by atoms with Crippen LogP contribution >= 0.6 is 11.8 Å². The van der Waals surface area contributed by atoms with Gasteiger partial charge in [-0.3, -0.25) is 9.59 Å². The molecule has 1 aliphatic heterocycles. The van der Waals surface area contributed by atoms with Gasteiger partial charge in [0.2, 0.25) is 5.91 Å². The van der Waals surface area contributed by atoms with Crippen LogP contribution < -0.4 is 14.8 Å². The zero-order valence-electron chi connectivity index (χ0n) is 17.6. The summed E-state index contributed by atoms with van der Waals surface area (Å²) in [5.74, 6) is 1.28. The van der Waals surface area contributed by atoms with Crippen LogP contribution in [0.15, 0.2) is 48.5 Å². The molecule has 1 heterocycles. The minimum atomic E-state index is -0.540. The van der Waals surface area contributed by atoms with Crippen LogP contribution in [0.25, 0.3) is 0 Å². The van der Waals surface area contributed by atoms with Crippen molar-refractivity contribution in [1.29, 1.82) is 0 Å². The third-order valence-electron chi connectivity index (χ3n) is 5.05. The maximum absolute atomic E-state index is 13.6. The first kappa shape index (κ1) is 22.0. The van der Waals surface area contributed by atoms with Gasteiger partial charge in [-0.05, 0) is 24.1 Å². The Hall–Kier alpha value is -2.67. The van der Waals surface area contributed by atoms with Crippen LogP contribution in [0.5, 0.6) is 11.5 Å². The molecular weight excluding hydrogens is 400 g/mol. The van der Waals surface area contributed by atoms with E-state index in [2.05, 4.69) is 12.2 Å². The molecule has 0 aromatic heterocycles. The van der Waals surface area contributed by atoms with Gasteiger partial charge in [0.15, 0.2) is 0 Å². The van der Waals surface area contributed by atoms with Gasteiger partial charge in [-0.15, -0.1) is 11.8 Å². The van der Waals surface area contributed by atoms with Gasteiger partial charge in [-0.2, -0.15) is 0 Å². The second-order valence-electron chi connectivity index (χ2n) is 7.07. The number of methoxy groups -OCH3 is 2. The number of rotatable bonds is 8. The number of carbonyl (C=O) groups excluding carboxylic acids is 2. The van der Waals surface area contributed by atoms with E-state index in [1.165, 1.54) is 0 Å². The van der Waals surface area contributed by atoms with Gasteiger partial charge >= 0.3 is 0 Å². The van der Waals surface area contributed by atoms with E-state index in [4.69, 9.17) is 9.47 Å². The molecule has 0 bridgehead atoms. The van der Waals surface area contributed by atoms with Gasteiger partial charge in [0.25, 0.3) is 5.91 Å². The SMILES string of the molecule is CCCCNC(=O)C1CSC(c2ccccc2)N1C(=O)c1cc(OC)cc(OC)c1. The first-order chi connectivity index (χ1) is 14.6. The highest BCUT2D eigenvalue weighted by Gasteiger charge is 2.42. The lowest BCUT2D eigenvalue weighted by atomic mass is 10.1. The van der Waals surface area contributed by atoms with E-state index in [0.29, 0.717) is 29.4 Å². The predicted octanol–water partition coefficient (Wildman–Crippen LogP) is 3.88. The summed E-state index contributed by atoms with van der Waals surface area (Å²) in [7, 11) is 3.09. The van der Waals surface area contributed by atoms with Crippen LogP contribution in [0, 0.1) is 0 Å². The molecule has 0 aliphatic carbocycles. The molecule has 0 radical (unpaired) electrons. The molecular formula is C23H28N2O4S. The lowest BCUT2D eigenvalue weighted by Gasteiger charge is -2.29. The minimum Gasteiger partial charge on any atom is -0.497 e. The zero-order valence-corrected chi connectivity index (χ0v) is 18.4. The first-order valence-corrected chi connectivity index (χ1v) is 11.1. The summed E-state index contributed by atoms with van der Waals surface area (Å²) in [5, 5.41) is 2.75. The highest BCUT2D eigenvalue weighted by atomic mass is 32.2. The molecule has 30 heavy (non-hydrogen) atoms. The minimum absolute atomic E-state index is 0.113. The second-order valence-corrected chi connectivity index (χ2v) is 8.18. The van der Waals surface area contributed by atoms with Crippen LogP contribution in [-0.2, 0) is 4.79 Å². The Morgan fingerprint density at radius 3 is 2.37 bits per heavy atom. The fraction of sp³-hybridized carbons (Fsp3) is 0.391. The number of benzene rings is 2. The number of ether oxygens (including phenoxy) is 2. The molecule has 0 saturated carbocycles. The van der Waals surface area contributed by atoms with Gasteiger partial charge in [-0.25, -0.2) is 0 Å². The number of hydrogen-bond donors (Lipinski definition) is 1. The molecule has 2 amide bonds. The molecule has 3 rings (SSSR count). The summed E-state index contributed by atoms with van der Waals surface area (Å²) >= 11 is 1.60. The summed E-state index contributed by atoms with van der Waals surface area (Å²) in [6, 6.07) is 14.4. The number of thioether (sulfide) groups is 1. The van der Waals surface area contributed by atoms with Gasteiger partial charge in [0.05, 0.1) is 14.2 Å².